The average molecular weight is 269 g/mol. The van der Waals surface area contributed by atoms with Crippen LogP contribution in [0.15, 0.2) is 0 Å². The number of hydrogen-bond acceptors (Lipinski definition) is 3. The summed E-state index contributed by atoms with van der Waals surface area (Å²) < 4.78 is 0. The molecule has 0 aromatic carbocycles. The molecule has 1 saturated heterocycles. The summed E-state index contributed by atoms with van der Waals surface area (Å²) >= 11 is 0. The summed E-state index contributed by atoms with van der Waals surface area (Å²) in [5.41, 5.74) is 0. The van der Waals surface area contributed by atoms with Crippen LogP contribution < -0.4 is 10.6 Å². The Kier molecular flexibility index (Phi) is 6.28. The van der Waals surface area contributed by atoms with Gasteiger partial charge in [-0.2, -0.15) is 0 Å². The van der Waals surface area contributed by atoms with Gasteiger partial charge in [-0.3, -0.25) is 9.59 Å². The lowest BCUT2D eigenvalue weighted by Crippen LogP contribution is -2.47. The van der Waals surface area contributed by atoms with Crippen molar-refractivity contribution in [1.82, 2.24) is 15.5 Å². The first-order valence-electron chi connectivity index (χ1n) is 7.14. The predicted molar refractivity (Wildman–Crippen MR) is 75.7 cm³/mol. The number of rotatable bonds is 6. The minimum Gasteiger partial charge on any atom is -0.347 e. The molecule has 0 radical (unpaired) electrons. The van der Waals surface area contributed by atoms with Gasteiger partial charge < -0.3 is 15.5 Å². The van der Waals surface area contributed by atoms with Gasteiger partial charge in [0.15, 0.2) is 0 Å². The summed E-state index contributed by atoms with van der Waals surface area (Å²) in [6, 6.07) is -0.127. The van der Waals surface area contributed by atoms with Crippen molar-refractivity contribution in [3.05, 3.63) is 0 Å². The molecule has 2 unspecified atom stereocenters. The lowest BCUT2D eigenvalue weighted by atomic mass is 10.0. The maximum Gasteiger partial charge on any atom is 0.244 e. The lowest BCUT2D eigenvalue weighted by molar-refractivity contribution is -0.135. The molecule has 2 N–H and O–H groups in total. The molecule has 5 heteroatoms. The SMILES string of the molecule is CC(C)CC(NC(=O)CC1CCCN1)C(=O)N(C)C. The third-order valence-electron chi connectivity index (χ3n) is 3.38. The van der Waals surface area contributed by atoms with Crippen LogP contribution in [-0.2, 0) is 9.59 Å². The molecule has 0 aromatic rings. The standard InChI is InChI=1S/C14H27N3O2/c1-10(2)8-12(14(19)17(3)4)16-13(18)9-11-6-5-7-15-11/h10-12,15H,5-9H2,1-4H3,(H,16,18). The monoisotopic (exact) mass is 269 g/mol. The number of nitrogens with one attached hydrogen (secondary N) is 2. The predicted octanol–water partition coefficient (Wildman–Crippen LogP) is 0.748. The molecular weight excluding hydrogens is 242 g/mol. The number of amides is 2. The van der Waals surface area contributed by atoms with Crippen LogP contribution in [-0.4, -0.2) is 49.4 Å². The number of likely N-dealkylation sites (N-methyl/N-ethyl adjacent to an activating group) is 1. The maximum atomic E-state index is 12.0. The third-order valence-corrected chi connectivity index (χ3v) is 3.38. The highest BCUT2D eigenvalue weighted by atomic mass is 16.2. The molecule has 1 fully saturated rings. The number of carbonyl (C=O) groups excluding carboxylic acids is 2. The van der Waals surface area contributed by atoms with Crippen LogP contribution in [0.25, 0.3) is 0 Å². The largest absolute Gasteiger partial charge is 0.347 e. The Morgan fingerprint density at radius 3 is 2.53 bits per heavy atom. The highest BCUT2D eigenvalue weighted by Gasteiger charge is 2.25. The summed E-state index contributed by atoms with van der Waals surface area (Å²) in [6.07, 6.45) is 3.32. The van der Waals surface area contributed by atoms with Crippen molar-refractivity contribution in [2.45, 2.75) is 51.6 Å². The summed E-state index contributed by atoms with van der Waals surface area (Å²) in [7, 11) is 3.45. The highest BCUT2D eigenvalue weighted by Crippen LogP contribution is 2.10. The zero-order valence-corrected chi connectivity index (χ0v) is 12.5. The van der Waals surface area contributed by atoms with Gasteiger partial charge in [0.05, 0.1) is 0 Å². The van der Waals surface area contributed by atoms with Gasteiger partial charge in [0.25, 0.3) is 0 Å². The summed E-state index contributed by atoms with van der Waals surface area (Å²) in [5, 5.41) is 6.18. The third kappa shape index (κ3) is 5.59. The Balaban J connectivity index is 2.50. The first kappa shape index (κ1) is 16.0. The van der Waals surface area contributed by atoms with E-state index in [1.165, 1.54) is 0 Å². The molecule has 0 aliphatic carbocycles. The number of nitrogens with zero attached hydrogens (tertiary/aromatic N) is 1. The molecule has 1 aliphatic heterocycles. The molecule has 0 aromatic heterocycles. The van der Waals surface area contributed by atoms with Crippen LogP contribution in [0.2, 0.25) is 0 Å². The van der Waals surface area contributed by atoms with Crippen LogP contribution in [0.1, 0.15) is 39.5 Å². The van der Waals surface area contributed by atoms with Crippen LogP contribution in [0, 0.1) is 5.92 Å². The van der Waals surface area contributed by atoms with Crippen molar-refractivity contribution >= 4 is 11.8 Å². The Bertz CT molecular complexity index is 310. The minimum atomic E-state index is -0.399. The lowest BCUT2D eigenvalue weighted by Gasteiger charge is -2.23. The normalized spacial score (nSPS) is 20.4. The van der Waals surface area contributed by atoms with E-state index < -0.39 is 6.04 Å². The van der Waals surface area contributed by atoms with Gasteiger partial charge in [-0.1, -0.05) is 13.8 Å². The highest BCUT2D eigenvalue weighted by molar-refractivity contribution is 5.87. The van der Waals surface area contributed by atoms with Crippen molar-refractivity contribution in [2.24, 2.45) is 5.92 Å². The van der Waals surface area contributed by atoms with Crippen LogP contribution >= 0.6 is 0 Å². The molecule has 1 rings (SSSR count). The summed E-state index contributed by atoms with van der Waals surface area (Å²) in [4.78, 5) is 25.6. The fourth-order valence-electron chi connectivity index (χ4n) is 2.41. The Hall–Kier alpha value is -1.10. The topological polar surface area (TPSA) is 61.4 Å². The van der Waals surface area contributed by atoms with Crippen LogP contribution in [0.3, 0.4) is 0 Å². The fourth-order valence-corrected chi connectivity index (χ4v) is 2.41. The molecular formula is C14H27N3O2. The van der Waals surface area contributed by atoms with E-state index in [-0.39, 0.29) is 17.9 Å². The van der Waals surface area contributed by atoms with Crippen LogP contribution in [0.4, 0.5) is 0 Å². The van der Waals surface area contributed by atoms with Gasteiger partial charge >= 0.3 is 0 Å². The van der Waals surface area contributed by atoms with E-state index in [9.17, 15) is 9.59 Å². The van der Waals surface area contributed by atoms with Crippen molar-refractivity contribution in [3.63, 3.8) is 0 Å². The van der Waals surface area contributed by atoms with E-state index in [4.69, 9.17) is 0 Å². The molecule has 1 heterocycles. The molecule has 0 saturated carbocycles. The van der Waals surface area contributed by atoms with Crippen LogP contribution in [0.5, 0.6) is 0 Å². The van der Waals surface area contributed by atoms with Gasteiger partial charge in [-0.05, 0) is 31.7 Å². The molecule has 1 aliphatic rings. The summed E-state index contributed by atoms with van der Waals surface area (Å²) in [6.45, 7) is 5.10. The second-order valence-corrected chi connectivity index (χ2v) is 5.98. The smallest absolute Gasteiger partial charge is 0.244 e. The zero-order valence-electron chi connectivity index (χ0n) is 12.5. The molecule has 19 heavy (non-hydrogen) atoms. The van der Waals surface area contributed by atoms with Gasteiger partial charge in [0, 0.05) is 26.6 Å². The second-order valence-electron chi connectivity index (χ2n) is 5.98. The van der Waals surface area contributed by atoms with Gasteiger partial charge in [-0.25, -0.2) is 0 Å². The molecule has 0 spiro atoms. The minimum absolute atomic E-state index is 0.0265. The fraction of sp³-hybridized carbons (Fsp3) is 0.857. The van der Waals surface area contributed by atoms with Crippen molar-refractivity contribution in [2.75, 3.05) is 20.6 Å². The van der Waals surface area contributed by atoms with Crippen molar-refractivity contribution < 1.29 is 9.59 Å². The average Bonchev–Trinajstić information content (AvgIpc) is 2.78. The number of hydrogen-bond donors (Lipinski definition) is 2. The molecule has 5 nitrogen and oxygen atoms in total. The van der Waals surface area contributed by atoms with Crippen molar-refractivity contribution in [1.29, 1.82) is 0 Å². The first-order valence-corrected chi connectivity index (χ1v) is 7.14. The van der Waals surface area contributed by atoms with E-state index >= 15 is 0 Å². The van der Waals surface area contributed by atoms with E-state index in [1.807, 2.05) is 0 Å². The van der Waals surface area contributed by atoms with E-state index in [0.29, 0.717) is 18.8 Å². The Labute approximate surface area is 116 Å². The van der Waals surface area contributed by atoms with Gasteiger partial charge in [0.1, 0.15) is 6.04 Å². The number of carbonyl (C=O) groups is 2. The van der Waals surface area contributed by atoms with E-state index in [2.05, 4.69) is 24.5 Å². The summed E-state index contributed by atoms with van der Waals surface area (Å²) in [5.74, 6) is 0.320. The quantitative estimate of drug-likeness (QED) is 0.748. The van der Waals surface area contributed by atoms with Gasteiger partial charge in [-0.15, -0.1) is 0 Å². The van der Waals surface area contributed by atoms with E-state index in [0.717, 1.165) is 19.4 Å². The second kappa shape index (κ2) is 7.48. The molecule has 2 amide bonds. The Morgan fingerprint density at radius 1 is 1.37 bits per heavy atom. The van der Waals surface area contributed by atoms with Gasteiger partial charge in [0.2, 0.25) is 11.8 Å². The maximum absolute atomic E-state index is 12.0. The molecule has 2 atom stereocenters. The zero-order chi connectivity index (χ0) is 14.4. The molecule has 110 valence electrons. The van der Waals surface area contributed by atoms with Crippen molar-refractivity contribution in [3.8, 4) is 0 Å². The Morgan fingerprint density at radius 2 is 2.05 bits per heavy atom. The molecule has 0 bridgehead atoms. The van der Waals surface area contributed by atoms with E-state index in [1.54, 1.807) is 19.0 Å². The first-order chi connectivity index (χ1) is 8.90.